The zero-order valence-electron chi connectivity index (χ0n) is 13.8. The maximum absolute atomic E-state index is 12.9. The molecule has 0 fully saturated rings. The summed E-state index contributed by atoms with van der Waals surface area (Å²) in [6, 6.07) is 17.0. The van der Waals surface area contributed by atoms with E-state index >= 15 is 0 Å². The molecule has 0 N–H and O–H groups in total. The molecule has 0 bridgehead atoms. The van der Waals surface area contributed by atoms with E-state index in [1.54, 1.807) is 54.6 Å². The second-order valence-electron chi connectivity index (χ2n) is 5.28. The predicted molar refractivity (Wildman–Crippen MR) is 99.7 cm³/mol. The Labute approximate surface area is 158 Å². The number of rotatable bonds is 5. The normalized spacial score (nSPS) is 10.2. The fourth-order valence-corrected chi connectivity index (χ4v) is 2.59. The highest BCUT2D eigenvalue weighted by molar-refractivity contribution is 9.10. The summed E-state index contributed by atoms with van der Waals surface area (Å²) in [5.41, 5.74) is 0.638. The highest BCUT2D eigenvalue weighted by Gasteiger charge is 2.23. The van der Waals surface area contributed by atoms with E-state index in [1.807, 2.05) is 6.07 Å². The first-order valence-electron chi connectivity index (χ1n) is 7.70. The van der Waals surface area contributed by atoms with Gasteiger partial charge < -0.3 is 9.47 Å². The van der Waals surface area contributed by atoms with E-state index in [4.69, 9.17) is 9.47 Å². The van der Waals surface area contributed by atoms with Crippen molar-refractivity contribution in [3.8, 4) is 11.5 Å². The second kappa shape index (κ2) is 7.93. The number of hydrogen-bond acceptors (Lipinski definition) is 5. The zero-order chi connectivity index (χ0) is 18.5. The molecule has 130 valence electrons. The van der Waals surface area contributed by atoms with E-state index in [1.165, 1.54) is 13.3 Å². The van der Waals surface area contributed by atoms with Gasteiger partial charge >= 0.3 is 5.97 Å². The monoisotopic (exact) mass is 411 g/mol. The molecule has 6 heteroatoms. The molecule has 1 heterocycles. The molecule has 5 nitrogen and oxygen atoms in total. The lowest BCUT2D eigenvalue weighted by molar-refractivity contribution is 0.0598. The molecule has 0 unspecified atom stereocenters. The lowest BCUT2D eigenvalue weighted by Gasteiger charge is -2.14. The van der Waals surface area contributed by atoms with Gasteiger partial charge in [-0.15, -0.1) is 0 Å². The highest BCUT2D eigenvalue weighted by atomic mass is 79.9. The van der Waals surface area contributed by atoms with Crippen molar-refractivity contribution in [1.82, 2.24) is 4.98 Å². The first kappa shape index (κ1) is 17.8. The van der Waals surface area contributed by atoms with E-state index in [0.717, 1.165) is 4.47 Å². The van der Waals surface area contributed by atoms with Crippen LogP contribution in [0.15, 0.2) is 71.3 Å². The average molecular weight is 412 g/mol. The van der Waals surface area contributed by atoms with Crippen molar-refractivity contribution in [2.45, 2.75) is 0 Å². The number of hydrogen-bond donors (Lipinski definition) is 0. The van der Waals surface area contributed by atoms with Crippen LogP contribution >= 0.6 is 15.9 Å². The van der Waals surface area contributed by atoms with Gasteiger partial charge in [0.1, 0.15) is 17.0 Å². The van der Waals surface area contributed by atoms with Crippen LogP contribution in [0.25, 0.3) is 0 Å². The van der Waals surface area contributed by atoms with E-state index in [0.29, 0.717) is 5.75 Å². The summed E-state index contributed by atoms with van der Waals surface area (Å²) in [5.74, 6) is -0.300. The van der Waals surface area contributed by atoms with E-state index < -0.39 is 5.97 Å². The number of esters is 1. The first-order valence-corrected chi connectivity index (χ1v) is 8.50. The number of methoxy groups -OCH3 is 1. The Balaban J connectivity index is 2.10. The molecule has 0 atom stereocenters. The number of para-hydroxylation sites is 2. The maximum atomic E-state index is 12.9. The number of benzene rings is 2. The standard InChI is InChI=1S/C20H14BrNO4/c1-25-20(24)16-9-5-8-15(18(23)17-11-10-13(21)12-22-17)19(16)26-14-6-3-2-4-7-14/h2-12H,1H3. The van der Waals surface area contributed by atoms with Crippen molar-refractivity contribution in [2.24, 2.45) is 0 Å². The minimum atomic E-state index is -0.589. The molecular weight excluding hydrogens is 398 g/mol. The number of carbonyl (C=O) groups excluding carboxylic acids is 2. The topological polar surface area (TPSA) is 65.5 Å². The van der Waals surface area contributed by atoms with Gasteiger partial charge in [0.2, 0.25) is 5.78 Å². The molecular formula is C20H14BrNO4. The molecule has 1 aromatic heterocycles. The van der Waals surface area contributed by atoms with E-state index in [-0.39, 0.29) is 28.4 Å². The van der Waals surface area contributed by atoms with Gasteiger partial charge in [-0.05, 0) is 52.3 Å². The van der Waals surface area contributed by atoms with Gasteiger partial charge in [-0.25, -0.2) is 4.79 Å². The lowest BCUT2D eigenvalue weighted by atomic mass is 10.0. The quantitative estimate of drug-likeness (QED) is 0.451. The van der Waals surface area contributed by atoms with Gasteiger partial charge in [-0.1, -0.05) is 24.3 Å². The Morgan fingerprint density at radius 2 is 1.65 bits per heavy atom. The molecule has 26 heavy (non-hydrogen) atoms. The van der Waals surface area contributed by atoms with Crippen LogP contribution in [0.3, 0.4) is 0 Å². The predicted octanol–water partition coefficient (Wildman–Crippen LogP) is 4.65. The van der Waals surface area contributed by atoms with E-state index in [9.17, 15) is 9.59 Å². The smallest absolute Gasteiger partial charge is 0.341 e. The SMILES string of the molecule is COC(=O)c1cccc(C(=O)c2ccc(Br)cn2)c1Oc1ccccc1. The van der Waals surface area contributed by atoms with Crippen LogP contribution in [0.2, 0.25) is 0 Å². The second-order valence-corrected chi connectivity index (χ2v) is 6.20. The van der Waals surface area contributed by atoms with Crippen LogP contribution in [0.5, 0.6) is 11.5 Å². The molecule has 3 rings (SSSR count). The zero-order valence-corrected chi connectivity index (χ0v) is 15.4. The minimum absolute atomic E-state index is 0.139. The number of halogens is 1. The number of aromatic nitrogens is 1. The average Bonchev–Trinajstić information content (AvgIpc) is 2.68. The fraction of sp³-hybridized carbons (Fsp3) is 0.0500. The summed E-state index contributed by atoms with van der Waals surface area (Å²) in [5, 5.41) is 0. The molecule has 0 saturated carbocycles. The van der Waals surface area contributed by atoms with Crippen molar-refractivity contribution >= 4 is 27.7 Å². The summed E-state index contributed by atoms with van der Waals surface area (Å²) in [7, 11) is 1.28. The van der Waals surface area contributed by atoms with Crippen molar-refractivity contribution < 1.29 is 19.1 Å². The van der Waals surface area contributed by atoms with Crippen molar-refractivity contribution in [3.63, 3.8) is 0 Å². The molecule has 2 aromatic carbocycles. The Kier molecular flexibility index (Phi) is 5.43. The Bertz CT molecular complexity index is 940. The van der Waals surface area contributed by atoms with Crippen LogP contribution < -0.4 is 4.74 Å². The van der Waals surface area contributed by atoms with Crippen LogP contribution in [0, 0.1) is 0 Å². The van der Waals surface area contributed by atoms with Crippen molar-refractivity contribution in [3.05, 3.63) is 88.2 Å². The van der Waals surface area contributed by atoms with Gasteiger partial charge in [-0.3, -0.25) is 9.78 Å². The summed E-state index contributed by atoms with van der Waals surface area (Å²) in [6.07, 6.45) is 1.54. The number of nitrogens with zero attached hydrogens (tertiary/aromatic N) is 1. The van der Waals surface area contributed by atoms with Crippen molar-refractivity contribution in [2.75, 3.05) is 7.11 Å². The van der Waals surface area contributed by atoms with Crippen LogP contribution in [-0.4, -0.2) is 23.8 Å². The number of ketones is 1. The third-order valence-corrected chi connectivity index (χ3v) is 4.06. The molecule has 0 amide bonds. The molecule has 0 spiro atoms. The summed E-state index contributed by atoms with van der Waals surface area (Å²) >= 11 is 3.29. The van der Waals surface area contributed by atoms with Gasteiger partial charge in [-0.2, -0.15) is 0 Å². The van der Waals surface area contributed by atoms with Gasteiger partial charge in [0.25, 0.3) is 0 Å². The Morgan fingerprint density at radius 1 is 0.923 bits per heavy atom. The van der Waals surface area contributed by atoms with Crippen LogP contribution in [0.1, 0.15) is 26.4 Å². The number of carbonyl (C=O) groups is 2. The number of pyridine rings is 1. The third-order valence-electron chi connectivity index (χ3n) is 3.59. The van der Waals surface area contributed by atoms with Crippen LogP contribution in [-0.2, 0) is 4.74 Å². The Morgan fingerprint density at radius 3 is 2.31 bits per heavy atom. The fourth-order valence-electron chi connectivity index (χ4n) is 2.35. The first-order chi connectivity index (χ1) is 12.6. The minimum Gasteiger partial charge on any atom is -0.465 e. The third kappa shape index (κ3) is 3.81. The maximum Gasteiger partial charge on any atom is 0.341 e. The molecule has 0 aliphatic carbocycles. The molecule has 0 aliphatic rings. The summed E-state index contributed by atoms with van der Waals surface area (Å²) in [6.45, 7) is 0. The van der Waals surface area contributed by atoms with Gasteiger partial charge in [0.05, 0.1) is 12.7 Å². The summed E-state index contributed by atoms with van der Waals surface area (Å²) in [4.78, 5) is 29.2. The molecule has 0 radical (unpaired) electrons. The molecule has 0 saturated heterocycles. The van der Waals surface area contributed by atoms with E-state index in [2.05, 4.69) is 20.9 Å². The lowest BCUT2D eigenvalue weighted by Crippen LogP contribution is -2.10. The highest BCUT2D eigenvalue weighted by Crippen LogP contribution is 2.31. The largest absolute Gasteiger partial charge is 0.465 e. The van der Waals surface area contributed by atoms with Crippen LogP contribution in [0.4, 0.5) is 0 Å². The molecule has 3 aromatic rings. The van der Waals surface area contributed by atoms with Crippen molar-refractivity contribution in [1.29, 1.82) is 0 Å². The van der Waals surface area contributed by atoms with Gasteiger partial charge in [0, 0.05) is 10.7 Å². The Hall–Kier alpha value is -2.99. The summed E-state index contributed by atoms with van der Waals surface area (Å²) < 4.78 is 11.5. The molecule has 0 aliphatic heterocycles. The number of ether oxygens (including phenoxy) is 2. The van der Waals surface area contributed by atoms with Gasteiger partial charge in [0.15, 0.2) is 5.75 Å².